The number of nitrogens with zero attached hydrogens (tertiary/aromatic N) is 1. The average molecular weight is 204 g/mol. The van der Waals surface area contributed by atoms with Gasteiger partial charge in [-0.25, -0.2) is 0 Å². The molecule has 0 saturated carbocycles. The summed E-state index contributed by atoms with van der Waals surface area (Å²) >= 11 is 0. The summed E-state index contributed by atoms with van der Waals surface area (Å²) in [4.78, 5) is 13.5. The predicted molar refractivity (Wildman–Crippen MR) is 62.2 cm³/mol. The van der Waals surface area contributed by atoms with Gasteiger partial charge in [0.05, 0.1) is 16.9 Å². The van der Waals surface area contributed by atoms with Gasteiger partial charge in [0.2, 0.25) is 5.91 Å². The van der Waals surface area contributed by atoms with Gasteiger partial charge in [-0.3, -0.25) is 4.79 Å². The topological polar surface area (TPSA) is 32.3 Å². The second kappa shape index (κ2) is 3.26. The van der Waals surface area contributed by atoms with Gasteiger partial charge in [-0.15, -0.1) is 0 Å². The largest absolute Gasteiger partial charge is 0.381 e. The van der Waals surface area contributed by atoms with Crippen LogP contribution in [0.4, 0.5) is 11.4 Å². The minimum atomic E-state index is -0.166. The predicted octanol–water partition coefficient (Wildman–Crippen LogP) is 2.24. The van der Waals surface area contributed by atoms with E-state index in [1.165, 1.54) is 0 Å². The zero-order valence-electron chi connectivity index (χ0n) is 9.37. The summed E-state index contributed by atoms with van der Waals surface area (Å²) in [5.74, 6) is 0.0916. The highest BCUT2D eigenvalue weighted by molar-refractivity contribution is 5.97. The van der Waals surface area contributed by atoms with Crippen LogP contribution in [0, 0.1) is 0 Å². The van der Waals surface area contributed by atoms with Crippen molar-refractivity contribution >= 4 is 17.3 Å². The Kier molecular flexibility index (Phi) is 2.18. The van der Waals surface area contributed by atoms with E-state index < -0.39 is 0 Å². The number of rotatable bonds is 0. The number of fused-ring (bicyclic) bond motifs is 1. The molecule has 1 N–H and O–H groups in total. The highest BCUT2D eigenvalue weighted by Crippen LogP contribution is 2.35. The highest BCUT2D eigenvalue weighted by Gasteiger charge is 2.34. The van der Waals surface area contributed by atoms with Crippen molar-refractivity contribution in [2.24, 2.45) is 0 Å². The van der Waals surface area contributed by atoms with E-state index in [0.717, 1.165) is 17.9 Å². The Morgan fingerprint density at radius 3 is 2.73 bits per heavy atom. The minimum absolute atomic E-state index is 0.0916. The Morgan fingerprint density at radius 2 is 2.07 bits per heavy atom. The van der Waals surface area contributed by atoms with Crippen molar-refractivity contribution in [3.8, 4) is 0 Å². The van der Waals surface area contributed by atoms with E-state index in [4.69, 9.17) is 0 Å². The van der Waals surface area contributed by atoms with Crippen LogP contribution >= 0.6 is 0 Å². The lowest BCUT2D eigenvalue weighted by Crippen LogP contribution is -2.54. The molecular formula is C12H16N2O. The number of hydrogen-bond donors (Lipinski definition) is 1. The molecule has 0 saturated heterocycles. The van der Waals surface area contributed by atoms with Gasteiger partial charge in [0, 0.05) is 13.5 Å². The molecule has 0 aromatic heterocycles. The molecule has 1 aliphatic rings. The fraction of sp³-hybridized carbons (Fsp3) is 0.417. The smallest absolute Gasteiger partial charge is 0.224 e. The Morgan fingerprint density at radius 1 is 1.40 bits per heavy atom. The monoisotopic (exact) mass is 204 g/mol. The zero-order valence-corrected chi connectivity index (χ0v) is 9.37. The third-order valence-electron chi connectivity index (χ3n) is 2.78. The molecule has 0 aliphatic carbocycles. The second-order valence-electron chi connectivity index (χ2n) is 4.54. The van der Waals surface area contributed by atoms with Crippen LogP contribution in [0.2, 0.25) is 0 Å². The summed E-state index contributed by atoms with van der Waals surface area (Å²) in [6, 6.07) is 7.91. The Balaban J connectivity index is 2.53. The van der Waals surface area contributed by atoms with Crippen molar-refractivity contribution in [3.05, 3.63) is 24.3 Å². The van der Waals surface area contributed by atoms with Gasteiger partial charge < -0.3 is 10.2 Å². The SMILES string of the molecule is CC(=O)N1c2ccccc2NCC1(C)C. The quantitative estimate of drug-likeness (QED) is 0.703. The van der Waals surface area contributed by atoms with E-state index in [1.807, 2.05) is 29.2 Å². The summed E-state index contributed by atoms with van der Waals surface area (Å²) in [6.45, 7) is 6.53. The van der Waals surface area contributed by atoms with E-state index in [2.05, 4.69) is 19.2 Å². The van der Waals surface area contributed by atoms with Crippen molar-refractivity contribution in [1.82, 2.24) is 0 Å². The maximum absolute atomic E-state index is 11.7. The summed E-state index contributed by atoms with van der Waals surface area (Å²) in [7, 11) is 0. The first-order valence-corrected chi connectivity index (χ1v) is 5.16. The number of carbonyl (C=O) groups is 1. The average Bonchev–Trinajstić information content (AvgIpc) is 2.15. The molecule has 3 heteroatoms. The Bertz CT molecular complexity index is 398. The third kappa shape index (κ3) is 1.58. The van der Waals surface area contributed by atoms with Crippen LogP contribution in [0.1, 0.15) is 20.8 Å². The molecule has 1 heterocycles. The summed E-state index contributed by atoms with van der Waals surface area (Å²) in [5, 5.41) is 3.34. The van der Waals surface area contributed by atoms with Crippen LogP contribution in [0.5, 0.6) is 0 Å². The van der Waals surface area contributed by atoms with Crippen molar-refractivity contribution in [2.45, 2.75) is 26.3 Å². The Labute approximate surface area is 90.1 Å². The Hall–Kier alpha value is -1.51. The van der Waals surface area contributed by atoms with E-state index in [9.17, 15) is 4.79 Å². The number of para-hydroxylation sites is 2. The fourth-order valence-corrected chi connectivity index (χ4v) is 2.13. The number of hydrogen-bond acceptors (Lipinski definition) is 2. The zero-order chi connectivity index (χ0) is 11.1. The molecule has 80 valence electrons. The molecule has 0 fully saturated rings. The molecular weight excluding hydrogens is 188 g/mol. The lowest BCUT2D eigenvalue weighted by atomic mass is 9.97. The molecule has 0 bridgehead atoms. The van der Waals surface area contributed by atoms with E-state index in [0.29, 0.717) is 0 Å². The summed E-state index contributed by atoms with van der Waals surface area (Å²) in [6.07, 6.45) is 0. The van der Waals surface area contributed by atoms with Gasteiger partial charge in [-0.1, -0.05) is 12.1 Å². The molecule has 15 heavy (non-hydrogen) atoms. The minimum Gasteiger partial charge on any atom is -0.381 e. The lowest BCUT2D eigenvalue weighted by Gasteiger charge is -2.43. The van der Waals surface area contributed by atoms with Crippen LogP contribution < -0.4 is 10.2 Å². The molecule has 1 amide bonds. The standard InChI is InChI=1S/C12H16N2O/c1-9(15)14-11-7-5-4-6-10(11)13-8-12(14,2)3/h4-7,13H,8H2,1-3H3. The number of amides is 1. The van der Waals surface area contributed by atoms with Gasteiger partial charge in [-0.05, 0) is 26.0 Å². The fourth-order valence-electron chi connectivity index (χ4n) is 2.13. The van der Waals surface area contributed by atoms with Crippen LogP contribution in [-0.2, 0) is 4.79 Å². The molecule has 0 atom stereocenters. The van der Waals surface area contributed by atoms with E-state index in [1.54, 1.807) is 6.92 Å². The van der Waals surface area contributed by atoms with Crippen LogP contribution in [-0.4, -0.2) is 18.0 Å². The van der Waals surface area contributed by atoms with Crippen molar-refractivity contribution in [2.75, 3.05) is 16.8 Å². The molecule has 0 unspecified atom stereocenters. The first-order chi connectivity index (χ1) is 7.02. The van der Waals surface area contributed by atoms with Gasteiger partial charge >= 0.3 is 0 Å². The maximum atomic E-state index is 11.7. The molecule has 0 spiro atoms. The first kappa shape index (κ1) is 10.0. The van der Waals surface area contributed by atoms with Gasteiger partial charge in [-0.2, -0.15) is 0 Å². The van der Waals surface area contributed by atoms with E-state index >= 15 is 0 Å². The third-order valence-corrected chi connectivity index (χ3v) is 2.78. The molecule has 1 aromatic rings. The van der Waals surface area contributed by atoms with Crippen molar-refractivity contribution in [1.29, 1.82) is 0 Å². The van der Waals surface area contributed by atoms with E-state index in [-0.39, 0.29) is 11.4 Å². The number of benzene rings is 1. The van der Waals surface area contributed by atoms with Crippen molar-refractivity contribution in [3.63, 3.8) is 0 Å². The van der Waals surface area contributed by atoms with Crippen LogP contribution in [0.3, 0.4) is 0 Å². The number of anilines is 2. The normalized spacial score (nSPS) is 17.9. The van der Waals surface area contributed by atoms with Gasteiger partial charge in [0.1, 0.15) is 0 Å². The molecule has 2 rings (SSSR count). The van der Waals surface area contributed by atoms with Gasteiger partial charge in [0.25, 0.3) is 0 Å². The van der Waals surface area contributed by atoms with Crippen LogP contribution in [0.15, 0.2) is 24.3 Å². The number of carbonyl (C=O) groups excluding carboxylic acids is 1. The van der Waals surface area contributed by atoms with Crippen molar-refractivity contribution < 1.29 is 4.79 Å². The summed E-state index contributed by atoms with van der Waals surface area (Å²) < 4.78 is 0. The molecule has 0 radical (unpaired) electrons. The summed E-state index contributed by atoms with van der Waals surface area (Å²) in [5.41, 5.74) is 1.84. The van der Waals surface area contributed by atoms with Gasteiger partial charge in [0.15, 0.2) is 0 Å². The maximum Gasteiger partial charge on any atom is 0.224 e. The molecule has 1 aromatic carbocycles. The highest BCUT2D eigenvalue weighted by atomic mass is 16.2. The number of nitrogens with one attached hydrogen (secondary N) is 1. The lowest BCUT2D eigenvalue weighted by molar-refractivity contribution is -0.117. The first-order valence-electron chi connectivity index (χ1n) is 5.16. The molecule has 3 nitrogen and oxygen atoms in total. The molecule has 1 aliphatic heterocycles. The second-order valence-corrected chi connectivity index (χ2v) is 4.54. The van der Waals surface area contributed by atoms with Crippen LogP contribution in [0.25, 0.3) is 0 Å².